The molecule has 0 fully saturated rings. The summed E-state index contributed by atoms with van der Waals surface area (Å²) < 4.78 is 1.57. The lowest BCUT2D eigenvalue weighted by atomic mass is 10.2. The van der Waals surface area contributed by atoms with Gasteiger partial charge < -0.3 is 10.3 Å². The minimum atomic E-state index is -0.133. The fourth-order valence-electron chi connectivity index (χ4n) is 2.18. The van der Waals surface area contributed by atoms with Crippen LogP contribution in [-0.4, -0.2) is 14.5 Å². The maximum Gasteiger partial charge on any atom is 0.330 e. The molecule has 2 aromatic heterocycles. The van der Waals surface area contributed by atoms with Crippen LogP contribution in [0.2, 0.25) is 0 Å². The van der Waals surface area contributed by atoms with Crippen molar-refractivity contribution in [1.82, 2.24) is 14.5 Å². The lowest BCUT2D eigenvalue weighted by Crippen LogP contribution is -2.13. The highest BCUT2D eigenvalue weighted by molar-refractivity contribution is 7.11. The lowest BCUT2D eigenvalue weighted by molar-refractivity contribution is 0.987. The van der Waals surface area contributed by atoms with Gasteiger partial charge in [-0.1, -0.05) is 0 Å². The number of benzene rings is 1. The molecule has 5 nitrogen and oxygen atoms in total. The highest BCUT2D eigenvalue weighted by Gasteiger charge is 2.05. The third-order valence-electron chi connectivity index (χ3n) is 3.25. The lowest BCUT2D eigenvalue weighted by Gasteiger charge is -2.07. The molecule has 0 spiro atoms. The third kappa shape index (κ3) is 2.90. The van der Waals surface area contributed by atoms with Gasteiger partial charge in [0.25, 0.3) is 0 Å². The van der Waals surface area contributed by atoms with Crippen LogP contribution in [-0.2, 0) is 6.54 Å². The van der Waals surface area contributed by atoms with Crippen LogP contribution in [0.5, 0.6) is 0 Å². The molecule has 3 rings (SSSR count). The summed E-state index contributed by atoms with van der Waals surface area (Å²) in [6.07, 6.45) is 3.34. The zero-order valence-electron chi connectivity index (χ0n) is 11.9. The average Bonchev–Trinajstić information content (AvgIpc) is 3.03. The first kappa shape index (κ1) is 13.6. The number of rotatable bonds is 4. The predicted octanol–water partition coefficient (Wildman–Crippen LogP) is 2.85. The van der Waals surface area contributed by atoms with Crippen molar-refractivity contribution < 1.29 is 0 Å². The minimum absolute atomic E-state index is 0.133. The van der Waals surface area contributed by atoms with E-state index in [0.29, 0.717) is 0 Å². The first-order chi connectivity index (χ1) is 10.1. The van der Waals surface area contributed by atoms with Crippen LogP contribution in [0.3, 0.4) is 0 Å². The first-order valence-corrected chi connectivity index (χ1v) is 7.48. The van der Waals surface area contributed by atoms with Crippen molar-refractivity contribution in [3.8, 4) is 5.69 Å². The number of hydrogen-bond donors (Lipinski definition) is 2. The van der Waals surface area contributed by atoms with E-state index < -0.39 is 0 Å². The van der Waals surface area contributed by atoms with Crippen molar-refractivity contribution in [2.45, 2.75) is 20.4 Å². The monoisotopic (exact) mass is 300 g/mol. The zero-order chi connectivity index (χ0) is 14.8. The number of aromatic nitrogens is 3. The summed E-state index contributed by atoms with van der Waals surface area (Å²) in [6, 6.07) is 7.78. The second-order valence-electron chi connectivity index (χ2n) is 4.78. The van der Waals surface area contributed by atoms with Gasteiger partial charge in [-0.05, 0) is 38.1 Å². The van der Waals surface area contributed by atoms with Gasteiger partial charge in [-0.3, -0.25) is 4.57 Å². The minimum Gasteiger partial charge on any atom is -0.380 e. The van der Waals surface area contributed by atoms with E-state index in [4.69, 9.17) is 0 Å². The molecule has 0 saturated heterocycles. The Kier molecular flexibility index (Phi) is 3.62. The van der Waals surface area contributed by atoms with Gasteiger partial charge in [0.1, 0.15) is 0 Å². The molecular weight excluding hydrogens is 284 g/mol. The maximum atomic E-state index is 11.5. The predicted molar refractivity (Wildman–Crippen MR) is 85.3 cm³/mol. The SMILES string of the molecule is Cc1nc(C)c(CNc2ccc(-n3cc[nH]c3=O)cc2)s1. The van der Waals surface area contributed by atoms with E-state index in [2.05, 4.69) is 15.3 Å². The van der Waals surface area contributed by atoms with Crippen molar-refractivity contribution in [2.24, 2.45) is 0 Å². The molecule has 0 aliphatic heterocycles. The second-order valence-corrected chi connectivity index (χ2v) is 6.06. The Balaban J connectivity index is 1.72. The molecule has 0 bridgehead atoms. The average molecular weight is 300 g/mol. The normalized spacial score (nSPS) is 10.8. The van der Waals surface area contributed by atoms with Crippen LogP contribution in [0.1, 0.15) is 15.6 Å². The Labute approximate surface area is 126 Å². The van der Waals surface area contributed by atoms with Crippen molar-refractivity contribution in [3.05, 3.63) is 62.7 Å². The Morgan fingerprint density at radius 2 is 2.05 bits per heavy atom. The molecule has 21 heavy (non-hydrogen) atoms. The van der Waals surface area contributed by atoms with E-state index in [9.17, 15) is 4.79 Å². The fraction of sp³-hybridized carbons (Fsp3) is 0.200. The maximum absolute atomic E-state index is 11.5. The molecule has 0 radical (unpaired) electrons. The van der Waals surface area contributed by atoms with Crippen LogP contribution in [0.25, 0.3) is 5.69 Å². The summed E-state index contributed by atoms with van der Waals surface area (Å²) in [5.41, 5.74) is 2.82. The Bertz CT molecular complexity index is 798. The molecular formula is C15H16N4OS. The summed E-state index contributed by atoms with van der Waals surface area (Å²) in [5, 5.41) is 4.47. The molecule has 0 amide bonds. The summed E-state index contributed by atoms with van der Waals surface area (Å²) in [6.45, 7) is 4.81. The number of anilines is 1. The van der Waals surface area contributed by atoms with Gasteiger partial charge in [-0.2, -0.15) is 0 Å². The largest absolute Gasteiger partial charge is 0.380 e. The van der Waals surface area contributed by atoms with Crippen molar-refractivity contribution in [3.63, 3.8) is 0 Å². The number of aryl methyl sites for hydroxylation is 2. The van der Waals surface area contributed by atoms with Crippen LogP contribution in [0.4, 0.5) is 5.69 Å². The molecule has 2 N–H and O–H groups in total. The first-order valence-electron chi connectivity index (χ1n) is 6.67. The van der Waals surface area contributed by atoms with E-state index >= 15 is 0 Å². The van der Waals surface area contributed by atoms with Crippen LogP contribution >= 0.6 is 11.3 Å². The van der Waals surface area contributed by atoms with Gasteiger partial charge >= 0.3 is 5.69 Å². The fourth-order valence-corrected chi connectivity index (χ4v) is 3.06. The highest BCUT2D eigenvalue weighted by Crippen LogP contribution is 2.19. The van der Waals surface area contributed by atoms with Gasteiger partial charge in [0, 0.05) is 23.0 Å². The van der Waals surface area contributed by atoms with E-state index in [1.54, 1.807) is 28.3 Å². The summed E-state index contributed by atoms with van der Waals surface area (Å²) in [5.74, 6) is 0. The summed E-state index contributed by atoms with van der Waals surface area (Å²) >= 11 is 1.71. The number of nitrogens with zero attached hydrogens (tertiary/aromatic N) is 2. The highest BCUT2D eigenvalue weighted by atomic mass is 32.1. The Morgan fingerprint density at radius 1 is 1.29 bits per heavy atom. The van der Waals surface area contributed by atoms with Crippen LogP contribution < -0.4 is 11.0 Å². The zero-order valence-corrected chi connectivity index (χ0v) is 12.7. The van der Waals surface area contributed by atoms with Crippen LogP contribution in [0, 0.1) is 13.8 Å². The number of imidazole rings is 1. The Hall–Kier alpha value is -2.34. The molecule has 0 unspecified atom stereocenters. The quantitative estimate of drug-likeness (QED) is 0.779. The van der Waals surface area contributed by atoms with Crippen molar-refractivity contribution in [2.75, 3.05) is 5.32 Å². The molecule has 0 saturated carbocycles. The van der Waals surface area contributed by atoms with E-state index in [-0.39, 0.29) is 5.69 Å². The van der Waals surface area contributed by atoms with Gasteiger partial charge in [0.15, 0.2) is 0 Å². The second kappa shape index (κ2) is 5.57. The van der Waals surface area contributed by atoms with Gasteiger partial charge in [0.2, 0.25) is 0 Å². The molecule has 1 aromatic carbocycles. The van der Waals surface area contributed by atoms with E-state index in [0.717, 1.165) is 28.6 Å². The standard InChI is InChI=1S/C15H16N4OS/c1-10-14(21-11(2)18-10)9-17-12-3-5-13(6-4-12)19-8-7-16-15(19)20/h3-8,17H,9H2,1-2H3,(H,16,20). The summed E-state index contributed by atoms with van der Waals surface area (Å²) in [4.78, 5) is 19.8. The van der Waals surface area contributed by atoms with Crippen molar-refractivity contribution >= 4 is 17.0 Å². The topological polar surface area (TPSA) is 62.7 Å². The number of hydrogen-bond acceptors (Lipinski definition) is 4. The van der Waals surface area contributed by atoms with Gasteiger partial charge in [-0.25, -0.2) is 9.78 Å². The third-order valence-corrected chi connectivity index (χ3v) is 4.32. The van der Waals surface area contributed by atoms with Gasteiger partial charge in [-0.15, -0.1) is 11.3 Å². The molecule has 0 atom stereocenters. The van der Waals surface area contributed by atoms with E-state index in [1.165, 1.54) is 4.88 Å². The molecule has 3 aromatic rings. The van der Waals surface area contributed by atoms with Gasteiger partial charge in [0.05, 0.1) is 22.9 Å². The number of aromatic amines is 1. The summed E-state index contributed by atoms with van der Waals surface area (Å²) in [7, 11) is 0. The number of H-pyrrole nitrogens is 1. The van der Waals surface area contributed by atoms with Crippen LogP contribution in [0.15, 0.2) is 41.5 Å². The smallest absolute Gasteiger partial charge is 0.330 e. The molecule has 0 aliphatic carbocycles. The molecule has 6 heteroatoms. The number of thiazole rings is 1. The number of nitrogens with one attached hydrogen (secondary N) is 2. The Morgan fingerprint density at radius 3 is 2.62 bits per heavy atom. The van der Waals surface area contributed by atoms with E-state index in [1.807, 2.05) is 38.1 Å². The van der Waals surface area contributed by atoms with Crippen molar-refractivity contribution in [1.29, 1.82) is 0 Å². The molecule has 0 aliphatic rings. The molecule has 2 heterocycles. The molecule has 108 valence electrons.